The third-order valence-electron chi connectivity index (χ3n) is 4.44. The molecule has 0 aliphatic heterocycles. The lowest BCUT2D eigenvalue weighted by Gasteiger charge is -2.16. The van der Waals surface area contributed by atoms with Crippen LogP contribution in [0.15, 0.2) is 6.33 Å². The Balaban J connectivity index is 1.78. The minimum atomic E-state index is 0.539. The van der Waals surface area contributed by atoms with Gasteiger partial charge in [-0.1, -0.05) is 0 Å². The fourth-order valence-corrected chi connectivity index (χ4v) is 4.36. The first-order valence-electron chi connectivity index (χ1n) is 7.34. The van der Waals surface area contributed by atoms with Gasteiger partial charge in [0.05, 0.1) is 5.39 Å². The van der Waals surface area contributed by atoms with Gasteiger partial charge in [0.1, 0.15) is 17.0 Å². The first-order valence-corrected chi connectivity index (χ1v) is 8.16. The van der Waals surface area contributed by atoms with Gasteiger partial charge in [0, 0.05) is 10.9 Å². The molecule has 100 valence electrons. The molecule has 2 heterocycles. The molecule has 0 bridgehead atoms. The molecule has 1 fully saturated rings. The average Bonchev–Trinajstić information content (AvgIpc) is 3.19. The van der Waals surface area contributed by atoms with Crippen molar-refractivity contribution in [2.45, 2.75) is 51.5 Å². The highest BCUT2D eigenvalue weighted by atomic mass is 32.1. The van der Waals surface area contributed by atoms with Crippen LogP contribution >= 0.6 is 11.3 Å². The van der Waals surface area contributed by atoms with E-state index in [1.165, 1.54) is 54.3 Å². The van der Waals surface area contributed by atoms with E-state index >= 15 is 0 Å². The smallest absolute Gasteiger partial charge is 0.138 e. The normalized spacial score (nSPS) is 20.3. The Kier molecular flexibility index (Phi) is 2.72. The molecule has 4 heteroatoms. The Morgan fingerprint density at radius 1 is 1.26 bits per heavy atom. The van der Waals surface area contributed by atoms with Crippen LogP contribution in [-0.2, 0) is 12.8 Å². The van der Waals surface area contributed by atoms with Crippen LogP contribution in [0, 0.1) is 5.92 Å². The maximum atomic E-state index is 4.52. The zero-order valence-electron chi connectivity index (χ0n) is 11.3. The fraction of sp³-hybridized carbons (Fsp3) is 0.600. The Labute approximate surface area is 117 Å². The fourth-order valence-electron chi connectivity index (χ4n) is 3.13. The summed E-state index contributed by atoms with van der Waals surface area (Å²) in [4.78, 5) is 11.7. The number of rotatable bonds is 3. The quantitative estimate of drug-likeness (QED) is 0.924. The summed E-state index contributed by atoms with van der Waals surface area (Å²) in [6.45, 7) is 2.28. The predicted octanol–water partition coefficient (Wildman–Crippen LogP) is 3.78. The lowest BCUT2D eigenvalue weighted by molar-refractivity contribution is 0.689. The van der Waals surface area contributed by atoms with Crippen molar-refractivity contribution in [2.75, 3.05) is 5.32 Å². The molecule has 4 rings (SSSR count). The van der Waals surface area contributed by atoms with Crippen molar-refractivity contribution in [1.29, 1.82) is 0 Å². The van der Waals surface area contributed by atoms with Crippen molar-refractivity contribution in [2.24, 2.45) is 5.92 Å². The number of nitrogens with one attached hydrogen (secondary N) is 1. The van der Waals surface area contributed by atoms with E-state index in [1.807, 2.05) is 11.3 Å². The van der Waals surface area contributed by atoms with Gasteiger partial charge < -0.3 is 5.32 Å². The number of hydrogen-bond donors (Lipinski definition) is 1. The first-order chi connectivity index (χ1) is 9.33. The third-order valence-corrected chi connectivity index (χ3v) is 5.64. The van der Waals surface area contributed by atoms with Gasteiger partial charge in [-0.05, 0) is 56.9 Å². The van der Waals surface area contributed by atoms with Crippen molar-refractivity contribution in [3.05, 3.63) is 16.8 Å². The van der Waals surface area contributed by atoms with Gasteiger partial charge in [0.2, 0.25) is 0 Å². The van der Waals surface area contributed by atoms with Crippen LogP contribution in [-0.4, -0.2) is 16.0 Å². The maximum absolute atomic E-state index is 4.52. The topological polar surface area (TPSA) is 37.8 Å². The first kappa shape index (κ1) is 11.6. The van der Waals surface area contributed by atoms with Crippen LogP contribution in [0.1, 0.15) is 43.0 Å². The monoisotopic (exact) mass is 273 g/mol. The summed E-state index contributed by atoms with van der Waals surface area (Å²) in [7, 11) is 0. The van der Waals surface area contributed by atoms with E-state index in [2.05, 4.69) is 22.2 Å². The molecule has 1 saturated carbocycles. The number of thiophene rings is 1. The van der Waals surface area contributed by atoms with Crippen LogP contribution in [0.5, 0.6) is 0 Å². The van der Waals surface area contributed by atoms with Crippen molar-refractivity contribution < 1.29 is 0 Å². The molecule has 1 N–H and O–H groups in total. The average molecular weight is 273 g/mol. The number of hydrogen-bond acceptors (Lipinski definition) is 4. The summed E-state index contributed by atoms with van der Waals surface area (Å²) in [6.07, 6.45) is 9.52. The maximum Gasteiger partial charge on any atom is 0.138 e. The van der Waals surface area contributed by atoms with Crippen molar-refractivity contribution >= 4 is 27.4 Å². The number of aryl methyl sites for hydroxylation is 2. The number of anilines is 1. The SMILES string of the molecule is C[C@H](Nc1ncnc2sc3c(c12)CCCC3)C1CC1. The summed E-state index contributed by atoms with van der Waals surface area (Å²) in [5.41, 5.74) is 1.53. The molecule has 0 unspecified atom stereocenters. The van der Waals surface area contributed by atoms with Crippen molar-refractivity contribution in [3.63, 3.8) is 0 Å². The second kappa shape index (κ2) is 4.44. The second-order valence-electron chi connectivity index (χ2n) is 5.88. The summed E-state index contributed by atoms with van der Waals surface area (Å²) >= 11 is 1.87. The van der Waals surface area contributed by atoms with Gasteiger partial charge in [0.15, 0.2) is 0 Å². The van der Waals surface area contributed by atoms with Crippen LogP contribution in [0.4, 0.5) is 5.82 Å². The van der Waals surface area contributed by atoms with E-state index < -0.39 is 0 Å². The minimum Gasteiger partial charge on any atom is -0.367 e. The molecule has 3 nitrogen and oxygen atoms in total. The van der Waals surface area contributed by atoms with Gasteiger partial charge in [-0.3, -0.25) is 0 Å². The Morgan fingerprint density at radius 2 is 2.11 bits per heavy atom. The molecular weight excluding hydrogens is 254 g/mol. The third kappa shape index (κ3) is 2.02. The molecule has 0 amide bonds. The van der Waals surface area contributed by atoms with Crippen molar-refractivity contribution in [3.8, 4) is 0 Å². The molecule has 1 atom stereocenters. The lowest BCUT2D eigenvalue weighted by atomic mass is 9.97. The summed E-state index contributed by atoms with van der Waals surface area (Å²) in [6, 6.07) is 0.539. The molecule has 0 spiro atoms. The summed E-state index contributed by atoms with van der Waals surface area (Å²) < 4.78 is 0. The number of fused-ring (bicyclic) bond motifs is 3. The standard InChI is InChI=1S/C15H19N3S/c1-9(10-6-7-10)18-14-13-11-4-2-3-5-12(11)19-15(13)17-8-16-14/h8-10H,2-7H2,1H3,(H,16,17,18)/t9-/m0/s1. The van der Waals surface area contributed by atoms with Gasteiger partial charge in [-0.15, -0.1) is 11.3 Å². The molecule has 0 aromatic carbocycles. The molecule has 2 aromatic heterocycles. The van der Waals surface area contributed by atoms with E-state index in [1.54, 1.807) is 11.2 Å². The highest BCUT2D eigenvalue weighted by molar-refractivity contribution is 7.19. The number of aromatic nitrogens is 2. The van der Waals surface area contributed by atoms with E-state index in [0.29, 0.717) is 6.04 Å². The number of nitrogens with zero attached hydrogens (tertiary/aromatic N) is 2. The molecular formula is C15H19N3S. The highest BCUT2D eigenvalue weighted by Gasteiger charge is 2.29. The molecule has 0 radical (unpaired) electrons. The molecule has 19 heavy (non-hydrogen) atoms. The van der Waals surface area contributed by atoms with E-state index in [-0.39, 0.29) is 0 Å². The second-order valence-corrected chi connectivity index (χ2v) is 6.97. The molecule has 2 aromatic rings. The minimum absolute atomic E-state index is 0.539. The van der Waals surface area contributed by atoms with Gasteiger partial charge in [0.25, 0.3) is 0 Å². The summed E-state index contributed by atoms with van der Waals surface area (Å²) in [5, 5.41) is 4.95. The zero-order chi connectivity index (χ0) is 12.8. The molecule has 0 saturated heterocycles. The summed E-state index contributed by atoms with van der Waals surface area (Å²) in [5.74, 6) is 1.92. The molecule has 2 aliphatic carbocycles. The lowest BCUT2D eigenvalue weighted by Crippen LogP contribution is -2.18. The van der Waals surface area contributed by atoms with Crippen LogP contribution in [0.3, 0.4) is 0 Å². The Hall–Kier alpha value is -1.16. The Bertz CT molecular complexity index is 615. The van der Waals surface area contributed by atoms with Crippen LogP contribution in [0.2, 0.25) is 0 Å². The Morgan fingerprint density at radius 3 is 2.95 bits per heavy atom. The van der Waals surface area contributed by atoms with Crippen LogP contribution < -0.4 is 5.32 Å². The van der Waals surface area contributed by atoms with Gasteiger partial charge in [-0.25, -0.2) is 9.97 Å². The predicted molar refractivity (Wildman–Crippen MR) is 79.9 cm³/mol. The van der Waals surface area contributed by atoms with E-state index in [9.17, 15) is 0 Å². The van der Waals surface area contributed by atoms with Gasteiger partial charge in [-0.2, -0.15) is 0 Å². The van der Waals surface area contributed by atoms with E-state index in [0.717, 1.165) is 11.7 Å². The largest absolute Gasteiger partial charge is 0.367 e. The van der Waals surface area contributed by atoms with Crippen LogP contribution in [0.25, 0.3) is 10.2 Å². The highest BCUT2D eigenvalue weighted by Crippen LogP contribution is 2.39. The van der Waals surface area contributed by atoms with Crippen molar-refractivity contribution in [1.82, 2.24) is 9.97 Å². The zero-order valence-corrected chi connectivity index (χ0v) is 12.1. The van der Waals surface area contributed by atoms with E-state index in [4.69, 9.17) is 0 Å². The van der Waals surface area contributed by atoms with Gasteiger partial charge >= 0.3 is 0 Å². The molecule has 2 aliphatic rings.